The highest BCUT2D eigenvalue weighted by molar-refractivity contribution is 5.27. The van der Waals surface area contributed by atoms with E-state index in [0.29, 0.717) is 5.41 Å². The number of hydrogen-bond donors (Lipinski definition) is 0. The van der Waals surface area contributed by atoms with Crippen LogP contribution in [0.1, 0.15) is 66.2 Å². The quantitative estimate of drug-likeness (QED) is 0.542. The van der Waals surface area contributed by atoms with E-state index in [0.717, 1.165) is 35.5 Å². The zero-order valence-corrected chi connectivity index (χ0v) is 15.2. The molecule has 0 saturated heterocycles. The molecule has 0 amide bonds. The van der Waals surface area contributed by atoms with E-state index < -0.39 is 0 Å². The highest BCUT2D eigenvalue weighted by Crippen LogP contribution is 2.64. The van der Waals surface area contributed by atoms with Crippen molar-refractivity contribution in [3.63, 3.8) is 0 Å². The summed E-state index contributed by atoms with van der Waals surface area (Å²) in [6.07, 6.45) is 11.1. The van der Waals surface area contributed by atoms with Crippen LogP contribution in [0.3, 0.4) is 0 Å². The third-order valence-corrected chi connectivity index (χ3v) is 8.12. The van der Waals surface area contributed by atoms with Gasteiger partial charge in [-0.3, -0.25) is 0 Å². The fraction of sp³-hybridized carbons (Fsp3) is 0.905. The normalized spacial score (nSPS) is 52.7. The molecular weight excluding hydrogens is 266 g/mol. The molecule has 0 radical (unpaired) electrons. The van der Waals surface area contributed by atoms with Crippen LogP contribution in [0.15, 0.2) is 11.6 Å². The van der Waals surface area contributed by atoms with Gasteiger partial charge < -0.3 is 5.32 Å². The lowest BCUT2D eigenvalue weighted by atomic mass is 9.44. The summed E-state index contributed by atoms with van der Waals surface area (Å²) in [7, 11) is 2.08. The Balaban J connectivity index is 1.77. The molecule has 3 fully saturated rings. The van der Waals surface area contributed by atoms with Crippen LogP contribution < -0.4 is 0 Å². The molecule has 0 aromatic rings. The smallest absolute Gasteiger partial charge is 0.0141 e. The first-order valence-electron chi connectivity index (χ1n) is 9.67. The van der Waals surface area contributed by atoms with Crippen molar-refractivity contribution < 1.29 is 0 Å². The third kappa shape index (κ3) is 2.07. The van der Waals surface area contributed by atoms with Crippen LogP contribution in [0, 0.1) is 40.9 Å². The monoisotopic (exact) mass is 300 g/mol. The topological polar surface area (TPSA) is 14.1 Å². The standard InChI is InChI=1S/C21H34N/c1-13-10-15-12-20(2,3)11-14-6-7-17-19(18(14)15)16(13)8-9-21(17,4)22-5/h11,13,15-19H,6-10,12H2,1-5H3/q-1. The van der Waals surface area contributed by atoms with Crippen LogP contribution in [-0.2, 0) is 0 Å². The second kappa shape index (κ2) is 4.85. The van der Waals surface area contributed by atoms with Crippen LogP contribution in [0.5, 0.6) is 0 Å². The third-order valence-electron chi connectivity index (χ3n) is 8.12. The van der Waals surface area contributed by atoms with Crippen molar-refractivity contribution in [2.24, 2.45) is 40.9 Å². The van der Waals surface area contributed by atoms with Gasteiger partial charge in [-0.15, -0.1) is 5.54 Å². The Morgan fingerprint density at radius 2 is 1.95 bits per heavy atom. The van der Waals surface area contributed by atoms with E-state index in [1.807, 2.05) is 5.57 Å². The summed E-state index contributed by atoms with van der Waals surface area (Å²) in [5, 5.41) is 4.92. The van der Waals surface area contributed by atoms with E-state index in [4.69, 9.17) is 5.32 Å². The lowest BCUT2D eigenvalue weighted by Gasteiger charge is -2.66. The van der Waals surface area contributed by atoms with Gasteiger partial charge >= 0.3 is 0 Å². The molecule has 1 nitrogen and oxygen atoms in total. The van der Waals surface area contributed by atoms with Gasteiger partial charge in [-0.2, -0.15) is 7.05 Å². The first-order valence-corrected chi connectivity index (χ1v) is 9.67. The summed E-state index contributed by atoms with van der Waals surface area (Å²) in [4.78, 5) is 0. The van der Waals surface area contributed by atoms with Crippen molar-refractivity contribution in [2.75, 3.05) is 7.05 Å². The number of allylic oxidation sites excluding steroid dienone is 2. The maximum absolute atomic E-state index is 4.92. The van der Waals surface area contributed by atoms with Crippen molar-refractivity contribution in [1.29, 1.82) is 0 Å². The minimum Gasteiger partial charge on any atom is -0.659 e. The number of rotatable bonds is 1. The summed E-state index contributed by atoms with van der Waals surface area (Å²) in [6.45, 7) is 9.95. The Bertz CT molecular complexity index is 490. The molecule has 0 aliphatic heterocycles. The molecule has 3 saturated carbocycles. The summed E-state index contributed by atoms with van der Waals surface area (Å²) in [6, 6.07) is 0. The summed E-state index contributed by atoms with van der Waals surface area (Å²) in [5.74, 6) is 5.56. The first-order chi connectivity index (χ1) is 10.3. The zero-order chi connectivity index (χ0) is 15.7. The molecule has 0 aromatic heterocycles. The summed E-state index contributed by atoms with van der Waals surface area (Å²) < 4.78 is 0. The van der Waals surface area contributed by atoms with Crippen LogP contribution in [0.2, 0.25) is 0 Å². The van der Waals surface area contributed by atoms with Crippen molar-refractivity contribution in [3.05, 3.63) is 17.0 Å². The molecule has 0 heterocycles. The molecule has 4 aliphatic rings. The molecular formula is C21H34N-. The predicted octanol–water partition coefficient (Wildman–Crippen LogP) is 5.81. The summed E-state index contributed by atoms with van der Waals surface area (Å²) >= 11 is 0. The van der Waals surface area contributed by atoms with Gasteiger partial charge in [-0.25, -0.2) is 0 Å². The Kier molecular flexibility index (Phi) is 3.36. The Hall–Kier alpha value is -0.300. The van der Waals surface area contributed by atoms with Gasteiger partial charge in [0.25, 0.3) is 0 Å². The van der Waals surface area contributed by atoms with E-state index >= 15 is 0 Å². The molecule has 7 unspecified atom stereocenters. The van der Waals surface area contributed by atoms with Gasteiger partial charge in [0, 0.05) is 0 Å². The summed E-state index contributed by atoms with van der Waals surface area (Å²) in [5.41, 5.74) is 2.55. The highest BCUT2D eigenvalue weighted by Gasteiger charge is 2.55. The molecule has 0 N–H and O–H groups in total. The molecule has 0 aromatic carbocycles. The first kappa shape index (κ1) is 15.2. The second-order valence-corrected chi connectivity index (χ2v) is 9.92. The van der Waals surface area contributed by atoms with E-state index in [2.05, 4.69) is 40.8 Å². The molecule has 0 spiro atoms. The lowest BCUT2D eigenvalue weighted by Crippen LogP contribution is -2.57. The SMILES string of the molecule is C[N-]C1(C)CCC2C(C)CC3CC(C)(C)C=C4CCC1C2C43. The number of nitrogens with zero attached hydrogens (tertiary/aromatic N) is 1. The van der Waals surface area contributed by atoms with E-state index in [9.17, 15) is 0 Å². The maximum atomic E-state index is 4.92. The average Bonchev–Trinajstić information content (AvgIpc) is 2.45. The van der Waals surface area contributed by atoms with Crippen LogP contribution in [0.25, 0.3) is 5.32 Å². The molecule has 7 atom stereocenters. The van der Waals surface area contributed by atoms with Gasteiger partial charge in [-0.05, 0) is 60.7 Å². The fourth-order valence-electron chi connectivity index (χ4n) is 7.28. The molecule has 1 heteroatoms. The highest BCUT2D eigenvalue weighted by atomic mass is 15.0. The predicted molar refractivity (Wildman–Crippen MR) is 93.9 cm³/mol. The van der Waals surface area contributed by atoms with Gasteiger partial charge in [0.15, 0.2) is 0 Å². The molecule has 4 rings (SSSR count). The second-order valence-electron chi connectivity index (χ2n) is 9.92. The van der Waals surface area contributed by atoms with Gasteiger partial charge in [0.1, 0.15) is 0 Å². The van der Waals surface area contributed by atoms with Crippen LogP contribution >= 0.6 is 0 Å². The van der Waals surface area contributed by atoms with Gasteiger partial charge in [0.05, 0.1) is 0 Å². The Morgan fingerprint density at radius 1 is 1.18 bits per heavy atom. The number of hydrogen-bond acceptors (Lipinski definition) is 0. The maximum Gasteiger partial charge on any atom is -0.0141 e. The Labute approximate surface area is 137 Å². The minimum atomic E-state index is 0.265. The molecule has 4 aliphatic carbocycles. The van der Waals surface area contributed by atoms with Crippen molar-refractivity contribution in [3.8, 4) is 0 Å². The van der Waals surface area contributed by atoms with E-state index in [1.54, 1.807) is 0 Å². The largest absolute Gasteiger partial charge is 0.659 e. The van der Waals surface area contributed by atoms with Crippen molar-refractivity contribution in [2.45, 2.75) is 71.8 Å². The van der Waals surface area contributed by atoms with Crippen LogP contribution in [0.4, 0.5) is 0 Å². The zero-order valence-electron chi connectivity index (χ0n) is 15.2. The van der Waals surface area contributed by atoms with Crippen molar-refractivity contribution >= 4 is 0 Å². The van der Waals surface area contributed by atoms with Gasteiger partial charge in [0.2, 0.25) is 0 Å². The molecule has 0 bridgehead atoms. The van der Waals surface area contributed by atoms with Crippen LogP contribution in [-0.4, -0.2) is 12.6 Å². The van der Waals surface area contributed by atoms with E-state index in [-0.39, 0.29) is 5.54 Å². The Morgan fingerprint density at radius 3 is 2.68 bits per heavy atom. The van der Waals surface area contributed by atoms with Crippen molar-refractivity contribution in [1.82, 2.24) is 0 Å². The van der Waals surface area contributed by atoms with Gasteiger partial charge in [-0.1, -0.05) is 58.1 Å². The minimum absolute atomic E-state index is 0.265. The van der Waals surface area contributed by atoms with E-state index in [1.165, 1.54) is 38.5 Å². The molecule has 124 valence electrons. The average molecular weight is 301 g/mol. The fourth-order valence-corrected chi connectivity index (χ4v) is 7.28. The lowest BCUT2D eigenvalue weighted by molar-refractivity contribution is -0.0638. The molecule has 22 heavy (non-hydrogen) atoms.